The summed E-state index contributed by atoms with van der Waals surface area (Å²) >= 11 is 0. The Hall–Kier alpha value is -2.66. The fraction of sp³-hybridized carbons (Fsp3) is 0.300. The van der Waals surface area contributed by atoms with E-state index < -0.39 is 0 Å². The predicted molar refractivity (Wildman–Crippen MR) is 99.7 cm³/mol. The Morgan fingerprint density at radius 2 is 1.64 bits per heavy atom. The second kappa shape index (κ2) is 8.99. The van der Waals surface area contributed by atoms with Crippen LogP contribution < -0.4 is 16.4 Å². The molecule has 0 aliphatic heterocycles. The second-order valence-electron chi connectivity index (χ2n) is 6.34. The van der Waals surface area contributed by atoms with Crippen LogP contribution in [0.1, 0.15) is 37.4 Å². The van der Waals surface area contributed by atoms with E-state index in [-0.39, 0.29) is 30.2 Å². The van der Waals surface area contributed by atoms with Gasteiger partial charge in [-0.2, -0.15) is 0 Å². The number of nitrogens with one attached hydrogen (secondary N) is 2. The predicted octanol–water partition coefficient (Wildman–Crippen LogP) is 2.99. The molecule has 0 spiro atoms. The minimum atomic E-state index is -0.310. The van der Waals surface area contributed by atoms with Crippen molar-refractivity contribution >= 4 is 17.5 Å². The van der Waals surface area contributed by atoms with Crippen LogP contribution in [-0.2, 0) is 16.1 Å². The zero-order valence-corrected chi connectivity index (χ0v) is 14.7. The van der Waals surface area contributed by atoms with Crippen LogP contribution in [0.3, 0.4) is 0 Å². The summed E-state index contributed by atoms with van der Waals surface area (Å²) in [6.07, 6.45) is 0.243. The number of nitrogens with two attached hydrogens (primary N) is 1. The molecule has 2 rings (SSSR count). The summed E-state index contributed by atoms with van der Waals surface area (Å²) < 4.78 is 0. The van der Waals surface area contributed by atoms with Gasteiger partial charge in [-0.15, -0.1) is 0 Å². The van der Waals surface area contributed by atoms with Gasteiger partial charge in [0.05, 0.1) is 0 Å². The quantitative estimate of drug-likeness (QED) is 0.725. The van der Waals surface area contributed by atoms with E-state index in [1.165, 1.54) is 0 Å². The zero-order valence-electron chi connectivity index (χ0n) is 14.7. The third-order valence-electron chi connectivity index (χ3n) is 3.87. The standard InChI is InChI=1S/C20H25N3O2/c1-14(2)20(25)23-17-10-8-15(9-11-17)13-22-19(24)12-18(21)16-6-4-3-5-7-16/h3-11,14,18H,12-13,21H2,1-2H3,(H,22,24)(H,23,25). The number of benzene rings is 2. The number of carbonyl (C=O) groups excluding carboxylic acids is 2. The molecule has 4 N–H and O–H groups in total. The van der Waals surface area contributed by atoms with Crippen LogP contribution in [-0.4, -0.2) is 11.8 Å². The first-order chi connectivity index (χ1) is 12.0. The molecular weight excluding hydrogens is 314 g/mol. The second-order valence-corrected chi connectivity index (χ2v) is 6.34. The van der Waals surface area contributed by atoms with Crippen molar-refractivity contribution in [2.45, 2.75) is 32.9 Å². The van der Waals surface area contributed by atoms with Crippen molar-refractivity contribution in [1.82, 2.24) is 5.32 Å². The lowest BCUT2D eigenvalue weighted by atomic mass is 10.0. The lowest BCUT2D eigenvalue weighted by molar-refractivity contribution is -0.121. The minimum Gasteiger partial charge on any atom is -0.352 e. The van der Waals surface area contributed by atoms with Crippen molar-refractivity contribution in [1.29, 1.82) is 0 Å². The van der Waals surface area contributed by atoms with E-state index in [1.807, 2.05) is 68.4 Å². The molecule has 0 aliphatic rings. The smallest absolute Gasteiger partial charge is 0.226 e. The van der Waals surface area contributed by atoms with Gasteiger partial charge in [-0.3, -0.25) is 9.59 Å². The van der Waals surface area contributed by atoms with E-state index in [0.717, 1.165) is 16.8 Å². The molecule has 0 heterocycles. The molecule has 5 heteroatoms. The van der Waals surface area contributed by atoms with Gasteiger partial charge in [0, 0.05) is 30.6 Å². The van der Waals surface area contributed by atoms with Gasteiger partial charge in [-0.1, -0.05) is 56.3 Å². The lowest BCUT2D eigenvalue weighted by Crippen LogP contribution is -2.27. The Bertz CT molecular complexity index is 697. The molecule has 0 aromatic heterocycles. The van der Waals surface area contributed by atoms with Crippen LogP contribution >= 0.6 is 0 Å². The molecular formula is C20H25N3O2. The SMILES string of the molecule is CC(C)C(=O)Nc1ccc(CNC(=O)CC(N)c2ccccc2)cc1. The number of anilines is 1. The maximum absolute atomic E-state index is 12.0. The van der Waals surface area contributed by atoms with Gasteiger partial charge in [0.2, 0.25) is 11.8 Å². The van der Waals surface area contributed by atoms with Gasteiger partial charge in [-0.25, -0.2) is 0 Å². The number of amides is 2. The number of carbonyl (C=O) groups is 2. The average molecular weight is 339 g/mol. The fourth-order valence-corrected chi connectivity index (χ4v) is 2.28. The van der Waals surface area contributed by atoms with E-state index in [9.17, 15) is 9.59 Å². The van der Waals surface area contributed by atoms with Crippen molar-refractivity contribution in [2.24, 2.45) is 11.7 Å². The normalized spacial score (nSPS) is 11.8. The summed E-state index contributed by atoms with van der Waals surface area (Å²) in [4.78, 5) is 23.7. The Kier molecular flexibility index (Phi) is 6.71. The van der Waals surface area contributed by atoms with Crippen LogP contribution in [0.4, 0.5) is 5.69 Å². The maximum Gasteiger partial charge on any atom is 0.226 e. The summed E-state index contributed by atoms with van der Waals surface area (Å²) in [5, 5.41) is 5.71. The molecule has 5 nitrogen and oxygen atoms in total. The molecule has 2 aromatic carbocycles. The van der Waals surface area contributed by atoms with Crippen LogP contribution in [0.2, 0.25) is 0 Å². The molecule has 2 aromatic rings. The van der Waals surface area contributed by atoms with E-state index in [4.69, 9.17) is 5.73 Å². The molecule has 1 unspecified atom stereocenters. The highest BCUT2D eigenvalue weighted by molar-refractivity contribution is 5.92. The largest absolute Gasteiger partial charge is 0.352 e. The third kappa shape index (κ3) is 6.04. The third-order valence-corrected chi connectivity index (χ3v) is 3.87. The van der Waals surface area contributed by atoms with Crippen molar-refractivity contribution in [3.63, 3.8) is 0 Å². The zero-order chi connectivity index (χ0) is 18.2. The minimum absolute atomic E-state index is 0.0176. The van der Waals surface area contributed by atoms with Crippen molar-refractivity contribution < 1.29 is 9.59 Å². The summed E-state index contributed by atoms with van der Waals surface area (Å²) in [5.41, 5.74) is 8.71. The number of hydrogen-bond acceptors (Lipinski definition) is 3. The first-order valence-electron chi connectivity index (χ1n) is 8.42. The number of rotatable bonds is 7. The van der Waals surface area contributed by atoms with Gasteiger partial charge in [-0.05, 0) is 23.3 Å². The lowest BCUT2D eigenvalue weighted by Gasteiger charge is -2.12. The molecule has 1 atom stereocenters. The summed E-state index contributed by atoms with van der Waals surface area (Å²) in [5.74, 6) is -0.169. The van der Waals surface area contributed by atoms with Gasteiger partial charge < -0.3 is 16.4 Å². The van der Waals surface area contributed by atoms with E-state index >= 15 is 0 Å². The van der Waals surface area contributed by atoms with Gasteiger partial charge in [0.25, 0.3) is 0 Å². The Morgan fingerprint density at radius 3 is 2.24 bits per heavy atom. The Balaban J connectivity index is 1.80. The van der Waals surface area contributed by atoms with Crippen molar-refractivity contribution in [3.05, 3.63) is 65.7 Å². The average Bonchev–Trinajstić information content (AvgIpc) is 2.61. The Morgan fingerprint density at radius 1 is 1.00 bits per heavy atom. The summed E-state index contributed by atoms with van der Waals surface area (Å²) in [6.45, 7) is 4.12. The van der Waals surface area contributed by atoms with Gasteiger partial charge in [0.15, 0.2) is 0 Å². The van der Waals surface area contributed by atoms with E-state index in [2.05, 4.69) is 10.6 Å². The molecule has 0 saturated carbocycles. The fourth-order valence-electron chi connectivity index (χ4n) is 2.28. The van der Waals surface area contributed by atoms with Crippen molar-refractivity contribution in [3.8, 4) is 0 Å². The first-order valence-corrected chi connectivity index (χ1v) is 8.42. The van der Waals surface area contributed by atoms with Crippen LogP contribution in [0.25, 0.3) is 0 Å². The highest BCUT2D eigenvalue weighted by Crippen LogP contribution is 2.14. The van der Waals surface area contributed by atoms with Crippen LogP contribution in [0.15, 0.2) is 54.6 Å². The van der Waals surface area contributed by atoms with E-state index in [0.29, 0.717) is 6.54 Å². The molecule has 0 radical (unpaired) electrons. The van der Waals surface area contributed by atoms with Crippen molar-refractivity contribution in [2.75, 3.05) is 5.32 Å². The van der Waals surface area contributed by atoms with Gasteiger partial charge >= 0.3 is 0 Å². The molecule has 0 fully saturated rings. The molecule has 0 saturated heterocycles. The first kappa shape index (κ1) is 18.7. The monoisotopic (exact) mass is 339 g/mol. The highest BCUT2D eigenvalue weighted by atomic mass is 16.2. The Labute approximate surface area is 148 Å². The topological polar surface area (TPSA) is 84.2 Å². The number of hydrogen-bond donors (Lipinski definition) is 3. The molecule has 0 aliphatic carbocycles. The molecule has 25 heavy (non-hydrogen) atoms. The van der Waals surface area contributed by atoms with Crippen LogP contribution in [0, 0.1) is 5.92 Å². The summed E-state index contributed by atoms with van der Waals surface area (Å²) in [7, 11) is 0. The molecule has 2 amide bonds. The highest BCUT2D eigenvalue weighted by Gasteiger charge is 2.11. The van der Waals surface area contributed by atoms with Crippen LogP contribution in [0.5, 0.6) is 0 Å². The molecule has 0 bridgehead atoms. The molecule has 132 valence electrons. The van der Waals surface area contributed by atoms with Gasteiger partial charge in [0.1, 0.15) is 0 Å². The summed E-state index contributed by atoms with van der Waals surface area (Å²) in [6, 6.07) is 16.7. The maximum atomic E-state index is 12.0. The van der Waals surface area contributed by atoms with E-state index in [1.54, 1.807) is 0 Å².